The first-order valence-corrected chi connectivity index (χ1v) is 11.3. The van der Waals surface area contributed by atoms with Gasteiger partial charge >= 0.3 is 0 Å². The van der Waals surface area contributed by atoms with Gasteiger partial charge in [0.25, 0.3) is 0 Å². The number of anilines is 2. The summed E-state index contributed by atoms with van der Waals surface area (Å²) in [6.45, 7) is 2.61. The number of nitrogens with one attached hydrogen (secondary N) is 1. The number of nitrogens with zero attached hydrogens (tertiary/aromatic N) is 4. The first kappa shape index (κ1) is 20.6. The standard InChI is InChI=1S/C21H27N5O3S/c1-29-17-9-3-2-7-15(17)13-22-19(28)16-8-6-11-25(14-16)20-23-24-21(30-20)26-12-5-4-10-18(26)27/h2-3,7,9,16H,4-6,8,10-14H2,1H3,(H,22,28). The molecular weight excluding hydrogens is 402 g/mol. The van der Waals surface area contributed by atoms with E-state index < -0.39 is 0 Å². The van der Waals surface area contributed by atoms with Crippen molar-refractivity contribution in [3.05, 3.63) is 29.8 Å². The number of ether oxygens (including phenoxy) is 1. The molecule has 2 fully saturated rings. The Morgan fingerprint density at radius 3 is 2.87 bits per heavy atom. The third kappa shape index (κ3) is 4.56. The van der Waals surface area contributed by atoms with Gasteiger partial charge in [-0.25, -0.2) is 0 Å². The first-order valence-electron chi connectivity index (χ1n) is 10.4. The average Bonchev–Trinajstić information content (AvgIpc) is 3.28. The number of rotatable bonds is 6. The monoisotopic (exact) mass is 429 g/mol. The van der Waals surface area contributed by atoms with Crippen LogP contribution in [0.25, 0.3) is 0 Å². The van der Waals surface area contributed by atoms with Crippen LogP contribution >= 0.6 is 11.3 Å². The molecule has 1 aromatic carbocycles. The minimum Gasteiger partial charge on any atom is -0.496 e. The molecule has 0 saturated carbocycles. The lowest BCUT2D eigenvalue weighted by Gasteiger charge is -2.31. The third-order valence-corrected chi connectivity index (χ3v) is 6.67. The second kappa shape index (κ2) is 9.42. The Morgan fingerprint density at radius 2 is 2.03 bits per heavy atom. The highest BCUT2D eigenvalue weighted by Crippen LogP contribution is 2.32. The van der Waals surface area contributed by atoms with E-state index in [0.29, 0.717) is 31.2 Å². The topological polar surface area (TPSA) is 87.7 Å². The molecule has 2 aliphatic heterocycles. The highest BCUT2D eigenvalue weighted by Gasteiger charge is 2.29. The molecule has 30 heavy (non-hydrogen) atoms. The minimum absolute atomic E-state index is 0.0431. The van der Waals surface area contributed by atoms with Crippen LogP contribution in [0.15, 0.2) is 24.3 Å². The molecule has 3 heterocycles. The van der Waals surface area contributed by atoms with E-state index in [1.165, 1.54) is 11.3 Å². The second-order valence-corrected chi connectivity index (χ2v) is 8.62. The van der Waals surface area contributed by atoms with E-state index in [4.69, 9.17) is 4.74 Å². The molecule has 0 bridgehead atoms. The molecule has 0 aliphatic carbocycles. The van der Waals surface area contributed by atoms with Crippen LogP contribution in [0.2, 0.25) is 0 Å². The maximum absolute atomic E-state index is 12.8. The average molecular weight is 430 g/mol. The molecule has 2 amide bonds. The predicted molar refractivity (Wildman–Crippen MR) is 116 cm³/mol. The maximum atomic E-state index is 12.8. The number of piperidine rings is 2. The van der Waals surface area contributed by atoms with E-state index in [1.54, 1.807) is 12.0 Å². The van der Waals surface area contributed by atoms with Crippen molar-refractivity contribution in [2.24, 2.45) is 5.92 Å². The summed E-state index contributed by atoms with van der Waals surface area (Å²) < 4.78 is 5.36. The Bertz CT molecular complexity index is 902. The third-order valence-electron chi connectivity index (χ3n) is 5.67. The van der Waals surface area contributed by atoms with Crippen molar-refractivity contribution in [1.82, 2.24) is 15.5 Å². The second-order valence-electron chi connectivity index (χ2n) is 7.68. The van der Waals surface area contributed by atoms with Gasteiger partial charge in [-0.3, -0.25) is 14.5 Å². The molecule has 160 valence electrons. The number of aromatic nitrogens is 2. The lowest BCUT2D eigenvalue weighted by atomic mass is 9.97. The molecule has 2 aliphatic rings. The molecule has 1 N–H and O–H groups in total. The number of carbonyl (C=O) groups is 2. The van der Waals surface area contributed by atoms with Crippen molar-refractivity contribution in [3.63, 3.8) is 0 Å². The molecule has 0 radical (unpaired) electrons. The fourth-order valence-electron chi connectivity index (χ4n) is 3.99. The number of amides is 2. The van der Waals surface area contributed by atoms with Crippen molar-refractivity contribution in [2.45, 2.75) is 38.6 Å². The largest absolute Gasteiger partial charge is 0.496 e. The number of methoxy groups -OCH3 is 1. The smallest absolute Gasteiger partial charge is 0.228 e. The predicted octanol–water partition coefficient (Wildman–Crippen LogP) is 2.60. The zero-order valence-corrected chi connectivity index (χ0v) is 18.0. The Balaban J connectivity index is 1.36. The SMILES string of the molecule is COc1ccccc1CNC(=O)C1CCCN(c2nnc(N3CCCCC3=O)s2)C1. The van der Waals surface area contributed by atoms with Crippen molar-refractivity contribution >= 4 is 33.4 Å². The van der Waals surface area contributed by atoms with Crippen molar-refractivity contribution in [3.8, 4) is 5.75 Å². The van der Waals surface area contributed by atoms with Crippen LogP contribution in [0.4, 0.5) is 10.3 Å². The van der Waals surface area contributed by atoms with Gasteiger partial charge in [0.2, 0.25) is 22.1 Å². The number of para-hydroxylation sites is 1. The van der Waals surface area contributed by atoms with Crippen molar-refractivity contribution in [2.75, 3.05) is 36.5 Å². The Hall–Kier alpha value is -2.68. The molecular formula is C21H27N5O3S. The molecule has 1 unspecified atom stereocenters. The summed E-state index contributed by atoms with van der Waals surface area (Å²) in [4.78, 5) is 28.8. The van der Waals surface area contributed by atoms with E-state index in [1.807, 2.05) is 24.3 Å². The lowest BCUT2D eigenvalue weighted by Crippen LogP contribution is -2.43. The van der Waals surface area contributed by atoms with E-state index in [2.05, 4.69) is 20.4 Å². The fourth-order valence-corrected chi connectivity index (χ4v) is 4.92. The molecule has 2 saturated heterocycles. The summed E-state index contributed by atoms with van der Waals surface area (Å²) in [5, 5.41) is 13.1. The van der Waals surface area contributed by atoms with Gasteiger partial charge in [0, 0.05) is 38.2 Å². The summed E-state index contributed by atoms with van der Waals surface area (Å²) in [7, 11) is 1.63. The zero-order chi connectivity index (χ0) is 20.9. The van der Waals surface area contributed by atoms with Gasteiger partial charge < -0.3 is 15.0 Å². The number of carbonyl (C=O) groups excluding carboxylic acids is 2. The van der Waals surface area contributed by atoms with Crippen LogP contribution in [0.3, 0.4) is 0 Å². The fraction of sp³-hybridized carbons (Fsp3) is 0.524. The van der Waals surface area contributed by atoms with E-state index in [-0.39, 0.29) is 17.7 Å². The number of hydrogen-bond donors (Lipinski definition) is 1. The van der Waals surface area contributed by atoms with E-state index in [9.17, 15) is 9.59 Å². The van der Waals surface area contributed by atoms with Gasteiger partial charge in [-0.15, -0.1) is 10.2 Å². The lowest BCUT2D eigenvalue weighted by molar-refractivity contribution is -0.125. The Kier molecular flexibility index (Phi) is 6.47. The summed E-state index contributed by atoms with van der Waals surface area (Å²) >= 11 is 1.44. The van der Waals surface area contributed by atoms with Crippen molar-refractivity contribution in [1.29, 1.82) is 0 Å². The molecule has 9 heteroatoms. The van der Waals surface area contributed by atoms with E-state index >= 15 is 0 Å². The van der Waals surface area contributed by atoms with Gasteiger partial charge in [0.15, 0.2) is 0 Å². The Morgan fingerprint density at radius 1 is 1.20 bits per heavy atom. The molecule has 2 aromatic rings. The van der Waals surface area contributed by atoms with Crippen LogP contribution in [0.5, 0.6) is 5.75 Å². The summed E-state index contributed by atoms with van der Waals surface area (Å²) in [5.41, 5.74) is 0.959. The molecule has 1 aromatic heterocycles. The maximum Gasteiger partial charge on any atom is 0.228 e. The summed E-state index contributed by atoms with van der Waals surface area (Å²) in [5.74, 6) is 0.840. The molecule has 1 atom stereocenters. The molecule has 8 nitrogen and oxygen atoms in total. The van der Waals surface area contributed by atoms with Crippen LogP contribution in [-0.2, 0) is 16.1 Å². The van der Waals surface area contributed by atoms with Crippen LogP contribution in [0.1, 0.15) is 37.7 Å². The van der Waals surface area contributed by atoms with Gasteiger partial charge in [0.1, 0.15) is 5.75 Å². The minimum atomic E-state index is -0.0996. The normalized spacial score (nSPS) is 19.6. The van der Waals surface area contributed by atoms with Gasteiger partial charge in [-0.1, -0.05) is 29.5 Å². The van der Waals surface area contributed by atoms with Crippen molar-refractivity contribution < 1.29 is 14.3 Å². The van der Waals surface area contributed by atoms with Crippen LogP contribution in [-0.4, -0.2) is 48.8 Å². The van der Waals surface area contributed by atoms with E-state index in [0.717, 1.165) is 48.7 Å². The zero-order valence-electron chi connectivity index (χ0n) is 17.2. The molecule has 0 spiro atoms. The highest BCUT2D eigenvalue weighted by atomic mass is 32.1. The quantitative estimate of drug-likeness (QED) is 0.760. The molecule has 4 rings (SSSR count). The van der Waals surface area contributed by atoms with Gasteiger partial charge in [-0.2, -0.15) is 0 Å². The highest BCUT2D eigenvalue weighted by molar-refractivity contribution is 7.19. The summed E-state index contributed by atoms with van der Waals surface area (Å²) in [6, 6.07) is 7.70. The van der Waals surface area contributed by atoms with Gasteiger partial charge in [-0.05, 0) is 31.7 Å². The van der Waals surface area contributed by atoms with Crippen LogP contribution < -0.4 is 19.9 Å². The Labute approximate surface area is 180 Å². The summed E-state index contributed by atoms with van der Waals surface area (Å²) in [6.07, 6.45) is 4.29. The number of benzene rings is 1. The first-order chi connectivity index (χ1) is 14.7. The van der Waals surface area contributed by atoms with Gasteiger partial charge in [0.05, 0.1) is 13.0 Å². The number of hydrogen-bond acceptors (Lipinski definition) is 7. The van der Waals surface area contributed by atoms with Crippen LogP contribution in [0, 0.1) is 5.92 Å².